The van der Waals surface area contributed by atoms with Crippen LogP contribution in [0.1, 0.15) is 32.2 Å². The van der Waals surface area contributed by atoms with Crippen molar-refractivity contribution < 1.29 is 9.47 Å². The van der Waals surface area contributed by atoms with Gasteiger partial charge in [-0.1, -0.05) is 0 Å². The molecule has 21 heavy (non-hydrogen) atoms. The summed E-state index contributed by atoms with van der Waals surface area (Å²) >= 11 is 0. The zero-order chi connectivity index (χ0) is 15.1. The molecule has 1 aliphatic rings. The van der Waals surface area contributed by atoms with Crippen molar-refractivity contribution in [2.75, 3.05) is 44.9 Å². The van der Waals surface area contributed by atoms with Crippen LogP contribution in [0.15, 0.2) is 12.4 Å². The van der Waals surface area contributed by atoms with Gasteiger partial charge in [-0.25, -0.2) is 4.98 Å². The van der Waals surface area contributed by atoms with Crippen LogP contribution in [0.25, 0.3) is 0 Å². The summed E-state index contributed by atoms with van der Waals surface area (Å²) in [5, 5.41) is 0. The molecule has 1 aromatic rings. The van der Waals surface area contributed by atoms with Gasteiger partial charge in [0.05, 0.1) is 18.8 Å². The van der Waals surface area contributed by atoms with Gasteiger partial charge in [-0.05, 0) is 32.7 Å². The molecule has 120 valence electrons. The van der Waals surface area contributed by atoms with E-state index in [9.17, 15) is 0 Å². The van der Waals surface area contributed by atoms with E-state index < -0.39 is 0 Å². The van der Waals surface area contributed by atoms with Crippen LogP contribution in [-0.2, 0) is 9.47 Å². The lowest BCUT2D eigenvalue weighted by Gasteiger charge is -2.33. The van der Waals surface area contributed by atoms with Crippen molar-refractivity contribution in [1.82, 2.24) is 9.55 Å². The van der Waals surface area contributed by atoms with E-state index in [4.69, 9.17) is 15.2 Å². The highest BCUT2D eigenvalue weighted by Gasteiger charge is 2.23. The Labute approximate surface area is 127 Å². The number of imidazole rings is 1. The van der Waals surface area contributed by atoms with Crippen LogP contribution >= 0.6 is 0 Å². The van der Waals surface area contributed by atoms with Crippen LogP contribution in [0.4, 0.5) is 5.95 Å². The maximum Gasteiger partial charge on any atom is 0.205 e. The molecule has 0 aromatic carbocycles. The van der Waals surface area contributed by atoms with Crippen LogP contribution in [-0.4, -0.2) is 55.6 Å². The van der Waals surface area contributed by atoms with E-state index in [0.29, 0.717) is 25.3 Å². The van der Waals surface area contributed by atoms with Crippen LogP contribution < -0.4 is 10.6 Å². The molecule has 0 bridgehead atoms. The molecule has 2 rings (SSSR count). The number of hydrogen-bond acceptors (Lipinski definition) is 5. The maximum absolute atomic E-state index is 5.85. The van der Waals surface area contributed by atoms with Crippen molar-refractivity contribution in [2.24, 2.45) is 5.73 Å². The van der Waals surface area contributed by atoms with Gasteiger partial charge in [0.25, 0.3) is 0 Å². The molecule has 0 radical (unpaired) electrons. The fourth-order valence-corrected chi connectivity index (χ4v) is 2.77. The Morgan fingerprint density at radius 1 is 1.43 bits per heavy atom. The van der Waals surface area contributed by atoms with Gasteiger partial charge in [-0.15, -0.1) is 0 Å². The second-order valence-corrected chi connectivity index (χ2v) is 5.64. The van der Waals surface area contributed by atoms with Crippen molar-refractivity contribution in [1.29, 1.82) is 0 Å². The molecule has 1 aromatic heterocycles. The highest BCUT2D eigenvalue weighted by atomic mass is 16.5. The topological polar surface area (TPSA) is 65.5 Å². The molecule has 2 N–H and O–H groups in total. The predicted octanol–water partition coefficient (Wildman–Crippen LogP) is 1.42. The molecule has 0 aliphatic carbocycles. The summed E-state index contributed by atoms with van der Waals surface area (Å²) in [5.41, 5.74) is 5.49. The summed E-state index contributed by atoms with van der Waals surface area (Å²) in [7, 11) is 1.73. The number of hydrogen-bond donors (Lipinski definition) is 1. The molecule has 1 unspecified atom stereocenters. The van der Waals surface area contributed by atoms with Gasteiger partial charge in [-0.3, -0.25) is 0 Å². The quantitative estimate of drug-likeness (QED) is 0.735. The minimum absolute atomic E-state index is 0.297. The number of piperidine rings is 1. The molecular weight excluding hydrogens is 268 g/mol. The Kier molecular flexibility index (Phi) is 6.48. The number of methoxy groups -OCH3 is 1. The van der Waals surface area contributed by atoms with E-state index in [1.54, 1.807) is 7.11 Å². The standard InChI is InChI=1S/C15H28N4O2/c1-13(12-20-2)19-10-7-17-15(19)18-8-4-14(5-9-18)21-11-3-6-16/h7,10,13-14H,3-6,8-9,11-12,16H2,1-2H3. The smallest absolute Gasteiger partial charge is 0.205 e. The van der Waals surface area contributed by atoms with Crippen LogP contribution in [0, 0.1) is 0 Å². The zero-order valence-corrected chi connectivity index (χ0v) is 13.2. The number of ether oxygens (including phenoxy) is 2. The number of rotatable bonds is 8. The highest BCUT2D eigenvalue weighted by molar-refractivity contribution is 5.32. The van der Waals surface area contributed by atoms with E-state index in [1.807, 2.05) is 12.4 Å². The van der Waals surface area contributed by atoms with Crippen molar-refractivity contribution in [2.45, 2.75) is 38.3 Å². The first-order chi connectivity index (χ1) is 10.3. The largest absolute Gasteiger partial charge is 0.383 e. The van der Waals surface area contributed by atoms with Gasteiger partial charge in [-0.2, -0.15) is 0 Å². The Morgan fingerprint density at radius 3 is 2.86 bits per heavy atom. The summed E-state index contributed by atoms with van der Waals surface area (Å²) in [4.78, 5) is 6.86. The second-order valence-electron chi connectivity index (χ2n) is 5.64. The van der Waals surface area contributed by atoms with Gasteiger partial charge < -0.3 is 24.7 Å². The lowest BCUT2D eigenvalue weighted by atomic mass is 10.1. The fourth-order valence-electron chi connectivity index (χ4n) is 2.77. The lowest BCUT2D eigenvalue weighted by molar-refractivity contribution is 0.0363. The number of nitrogens with two attached hydrogens (primary N) is 1. The second kappa shape index (κ2) is 8.36. The third kappa shape index (κ3) is 4.43. The first kappa shape index (κ1) is 16.3. The van der Waals surface area contributed by atoms with Gasteiger partial charge in [0.2, 0.25) is 5.95 Å². The minimum atomic E-state index is 0.297. The van der Waals surface area contributed by atoms with Crippen LogP contribution in [0.3, 0.4) is 0 Å². The van der Waals surface area contributed by atoms with E-state index in [1.165, 1.54) is 0 Å². The third-order valence-corrected chi connectivity index (χ3v) is 3.96. The molecule has 0 amide bonds. The summed E-state index contributed by atoms with van der Waals surface area (Å²) < 4.78 is 13.3. The highest BCUT2D eigenvalue weighted by Crippen LogP contribution is 2.23. The molecule has 1 fully saturated rings. The first-order valence-electron chi connectivity index (χ1n) is 7.84. The molecule has 1 atom stereocenters. The monoisotopic (exact) mass is 296 g/mol. The predicted molar refractivity (Wildman–Crippen MR) is 83.7 cm³/mol. The molecule has 1 saturated heterocycles. The maximum atomic E-state index is 5.85. The van der Waals surface area contributed by atoms with Gasteiger partial charge in [0.1, 0.15) is 0 Å². The molecule has 6 nitrogen and oxygen atoms in total. The molecule has 1 aliphatic heterocycles. The molecule has 0 spiro atoms. The van der Waals surface area contributed by atoms with Crippen LogP contribution in [0.5, 0.6) is 0 Å². The summed E-state index contributed by atoms with van der Waals surface area (Å²) in [6.07, 6.45) is 7.31. The summed E-state index contributed by atoms with van der Waals surface area (Å²) in [6, 6.07) is 0.297. The van der Waals surface area contributed by atoms with E-state index in [0.717, 1.165) is 44.9 Å². The molecular formula is C15H28N4O2. The lowest BCUT2D eigenvalue weighted by Crippen LogP contribution is -2.39. The van der Waals surface area contributed by atoms with Crippen molar-refractivity contribution in [3.8, 4) is 0 Å². The molecule has 0 saturated carbocycles. The van der Waals surface area contributed by atoms with Crippen molar-refractivity contribution in [3.63, 3.8) is 0 Å². The van der Waals surface area contributed by atoms with Gasteiger partial charge in [0, 0.05) is 39.2 Å². The Morgan fingerprint density at radius 2 is 2.19 bits per heavy atom. The van der Waals surface area contributed by atoms with Crippen molar-refractivity contribution >= 4 is 5.95 Å². The van der Waals surface area contributed by atoms with Crippen LogP contribution in [0.2, 0.25) is 0 Å². The van der Waals surface area contributed by atoms with E-state index in [2.05, 4.69) is 21.4 Å². The Balaban J connectivity index is 1.86. The summed E-state index contributed by atoms with van der Waals surface area (Å²) in [5.74, 6) is 1.04. The van der Waals surface area contributed by atoms with Gasteiger partial charge in [0.15, 0.2) is 0 Å². The first-order valence-corrected chi connectivity index (χ1v) is 7.84. The van der Waals surface area contributed by atoms with Gasteiger partial charge >= 0.3 is 0 Å². The summed E-state index contributed by atoms with van der Waals surface area (Å²) in [6.45, 7) is 6.31. The number of nitrogens with zero attached hydrogens (tertiary/aromatic N) is 3. The zero-order valence-electron chi connectivity index (χ0n) is 13.2. The average Bonchev–Trinajstić information content (AvgIpc) is 2.98. The Hall–Kier alpha value is -1.11. The fraction of sp³-hybridized carbons (Fsp3) is 0.800. The van der Waals surface area contributed by atoms with E-state index >= 15 is 0 Å². The molecule has 2 heterocycles. The SMILES string of the molecule is COCC(C)n1ccnc1N1CCC(OCCCN)CC1. The van der Waals surface area contributed by atoms with E-state index in [-0.39, 0.29) is 0 Å². The normalized spacial score (nSPS) is 18.1. The minimum Gasteiger partial charge on any atom is -0.383 e. The third-order valence-electron chi connectivity index (χ3n) is 3.96. The average molecular weight is 296 g/mol. The number of anilines is 1. The molecule has 6 heteroatoms. The number of aromatic nitrogens is 2. The van der Waals surface area contributed by atoms with Crippen molar-refractivity contribution in [3.05, 3.63) is 12.4 Å². The Bertz CT molecular complexity index is 402.